The maximum absolute atomic E-state index is 5.07. The molecule has 2 heteroatoms. The summed E-state index contributed by atoms with van der Waals surface area (Å²) in [7, 11) is 0. The highest BCUT2D eigenvalue weighted by molar-refractivity contribution is 5.25. The molecule has 1 aromatic rings. The molecule has 0 spiro atoms. The molecular formula is C19H36N2. The molecule has 0 aliphatic carbocycles. The van der Waals surface area contributed by atoms with E-state index >= 15 is 0 Å². The number of aromatic amines is 1. The second-order valence-corrected chi connectivity index (χ2v) is 7.74. The Kier molecular flexibility index (Phi) is 6.49. The van der Waals surface area contributed by atoms with E-state index in [9.17, 15) is 0 Å². The van der Waals surface area contributed by atoms with Gasteiger partial charge in [0, 0.05) is 22.9 Å². The zero-order chi connectivity index (χ0) is 16.2. The third kappa shape index (κ3) is 4.34. The van der Waals surface area contributed by atoms with Crippen LogP contribution < -0.4 is 0 Å². The van der Waals surface area contributed by atoms with Gasteiger partial charge in [0.1, 0.15) is 5.82 Å². The number of nitrogens with zero attached hydrogens (tertiary/aromatic N) is 1. The predicted octanol–water partition coefficient (Wildman–Crippen LogP) is 6.15. The number of H-pyrrole nitrogens is 1. The first kappa shape index (κ1) is 18.3. The topological polar surface area (TPSA) is 28.7 Å². The Labute approximate surface area is 132 Å². The van der Waals surface area contributed by atoms with E-state index < -0.39 is 0 Å². The Hall–Kier alpha value is -0.790. The van der Waals surface area contributed by atoms with Crippen molar-refractivity contribution in [3.63, 3.8) is 0 Å². The molecule has 0 radical (unpaired) electrons. The maximum Gasteiger partial charge on any atom is 0.112 e. The van der Waals surface area contributed by atoms with Crippen LogP contribution in [0.3, 0.4) is 0 Å². The Morgan fingerprint density at radius 3 is 2.14 bits per heavy atom. The molecule has 21 heavy (non-hydrogen) atoms. The standard InChI is InChI=1S/C19H36N2/c1-9-11-14(5)16-17(15(6)13(3)4)21-18(20-16)19(7,8)12-10-2/h13-15H,9-12H2,1-8H3,(H,20,21). The number of rotatable bonds is 8. The lowest BCUT2D eigenvalue weighted by Gasteiger charge is -2.21. The van der Waals surface area contributed by atoms with Gasteiger partial charge >= 0.3 is 0 Å². The molecule has 0 aliphatic rings. The molecule has 2 nitrogen and oxygen atoms in total. The van der Waals surface area contributed by atoms with Crippen LogP contribution >= 0.6 is 0 Å². The van der Waals surface area contributed by atoms with Crippen molar-refractivity contribution in [2.45, 2.75) is 98.3 Å². The van der Waals surface area contributed by atoms with Crippen molar-refractivity contribution in [1.29, 1.82) is 0 Å². The fourth-order valence-corrected chi connectivity index (χ4v) is 3.09. The highest BCUT2D eigenvalue weighted by atomic mass is 15.0. The van der Waals surface area contributed by atoms with Crippen LogP contribution in [-0.2, 0) is 5.41 Å². The van der Waals surface area contributed by atoms with Crippen LogP contribution in [0.4, 0.5) is 0 Å². The highest BCUT2D eigenvalue weighted by Crippen LogP contribution is 2.35. The predicted molar refractivity (Wildman–Crippen MR) is 93.1 cm³/mol. The largest absolute Gasteiger partial charge is 0.345 e. The van der Waals surface area contributed by atoms with E-state index in [2.05, 4.69) is 60.4 Å². The van der Waals surface area contributed by atoms with Crippen molar-refractivity contribution < 1.29 is 0 Å². The van der Waals surface area contributed by atoms with Gasteiger partial charge in [-0.1, -0.05) is 68.2 Å². The summed E-state index contributed by atoms with van der Waals surface area (Å²) in [5.74, 6) is 2.91. The molecule has 1 rings (SSSR count). The van der Waals surface area contributed by atoms with Gasteiger partial charge in [-0.05, 0) is 18.8 Å². The van der Waals surface area contributed by atoms with Gasteiger partial charge in [0.05, 0.1) is 5.69 Å². The smallest absolute Gasteiger partial charge is 0.112 e. The summed E-state index contributed by atoms with van der Waals surface area (Å²) < 4.78 is 0. The van der Waals surface area contributed by atoms with Gasteiger partial charge < -0.3 is 4.98 Å². The van der Waals surface area contributed by atoms with E-state index in [0.29, 0.717) is 17.8 Å². The molecule has 0 fully saturated rings. The van der Waals surface area contributed by atoms with Gasteiger partial charge in [-0.25, -0.2) is 4.98 Å². The first-order valence-electron chi connectivity index (χ1n) is 8.84. The summed E-state index contributed by atoms with van der Waals surface area (Å²) in [6, 6.07) is 0. The second kappa shape index (κ2) is 7.47. The summed E-state index contributed by atoms with van der Waals surface area (Å²) in [5, 5.41) is 0. The molecule has 2 atom stereocenters. The van der Waals surface area contributed by atoms with Crippen LogP contribution in [0.15, 0.2) is 0 Å². The SMILES string of the molecule is CCCC(C)c1nc(C(C)(C)CCC)[nH]c1C(C)C(C)C. The zero-order valence-corrected chi connectivity index (χ0v) is 15.5. The van der Waals surface area contributed by atoms with Gasteiger partial charge in [-0.3, -0.25) is 0 Å². The first-order valence-corrected chi connectivity index (χ1v) is 8.84. The van der Waals surface area contributed by atoms with E-state index in [1.54, 1.807) is 0 Å². The van der Waals surface area contributed by atoms with E-state index in [4.69, 9.17) is 4.98 Å². The Morgan fingerprint density at radius 2 is 1.67 bits per heavy atom. The fourth-order valence-electron chi connectivity index (χ4n) is 3.09. The molecule has 0 saturated heterocycles. The van der Waals surface area contributed by atoms with Crippen molar-refractivity contribution in [1.82, 2.24) is 9.97 Å². The minimum Gasteiger partial charge on any atom is -0.345 e. The van der Waals surface area contributed by atoms with Crippen LogP contribution in [0, 0.1) is 5.92 Å². The number of nitrogens with one attached hydrogen (secondary N) is 1. The molecule has 0 amide bonds. The van der Waals surface area contributed by atoms with Gasteiger partial charge in [-0.2, -0.15) is 0 Å². The summed E-state index contributed by atoms with van der Waals surface area (Å²) in [4.78, 5) is 8.78. The Balaban J connectivity index is 3.23. The summed E-state index contributed by atoms with van der Waals surface area (Å²) in [6.07, 6.45) is 4.81. The lowest BCUT2D eigenvalue weighted by molar-refractivity contribution is 0.444. The van der Waals surface area contributed by atoms with Crippen LogP contribution in [0.5, 0.6) is 0 Å². The molecule has 122 valence electrons. The molecule has 0 aromatic carbocycles. The van der Waals surface area contributed by atoms with E-state index in [-0.39, 0.29) is 5.41 Å². The monoisotopic (exact) mass is 292 g/mol. The minimum absolute atomic E-state index is 0.143. The molecule has 0 bridgehead atoms. The second-order valence-electron chi connectivity index (χ2n) is 7.74. The average molecular weight is 293 g/mol. The van der Waals surface area contributed by atoms with Crippen LogP contribution in [0.25, 0.3) is 0 Å². The van der Waals surface area contributed by atoms with Crippen molar-refractivity contribution in [3.05, 3.63) is 17.2 Å². The molecule has 2 unspecified atom stereocenters. The van der Waals surface area contributed by atoms with Gasteiger partial charge in [0.2, 0.25) is 0 Å². The molecule has 1 aromatic heterocycles. The summed E-state index contributed by atoms with van der Waals surface area (Å²) in [5.41, 5.74) is 2.84. The fraction of sp³-hybridized carbons (Fsp3) is 0.842. The summed E-state index contributed by atoms with van der Waals surface area (Å²) in [6.45, 7) is 18.4. The number of hydrogen-bond acceptors (Lipinski definition) is 1. The molecule has 0 saturated carbocycles. The third-order valence-electron chi connectivity index (χ3n) is 4.92. The molecule has 0 aliphatic heterocycles. The van der Waals surface area contributed by atoms with E-state index in [0.717, 1.165) is 0 Å². The van der Waals surface area contributed by atoms with Gasteiger partial charge in [-0.15, -0.1) is 0 Å². The van der Waals surface area contributed by atoms with Crippen molar-refractivity contribution in [2.75, 3.05) is 0 Å². The van der Waals surface area contributed by atoms with Crippen molar-refractivity contribution >= 4 is 0 Å². The molecule has 1 N–H and O–H groups in total. The first-order chi connectivity index (χ1) is 9.74. The Morgan fingerprint density at radius 1 is 1.05 bits per heavy atom. The van der Waals surface area contributed by atoms with Crippen LogP contribution in [-0.4, -0.2) is 9.97 Å². The quantitative estimate of drug-likeness (QED) is 0.611. The van der Waals surface area contributed by atoms with E-state index in [1.807, 2.05) is 0 Å². The van der Waals surface area contributed by atoms with Gasteiger partial charge in [0.25, 0.3) is 0 Å². The lowest BCUT2D eigenvalue weighted by Crippen LogP contribution is -2.19. The van der Waals surface area contributed by atoms with Gasteiger partial charge in [0.15, 0.2) is 0 Å². The lowest BCUT2D eigenvalue weighted by atomic mass is 9.87. The maximum atomic E-state index is 5.07. The number of imidazole rings is 1. The highest BCUT2D eigenvalue weighted by Gasteiger charge is 2.28. The van der Waals surface area contributed by atoms with E-state index in [1.165, 1.54) is 42.9 Å². The normalized spacial score (nSPS) is 15.5. The third-order valence-corrected chi connectivity index (χ3v) is 4.92. The molecule has 1 heterocycles. The van der Waals surface area contributed by atoms with Crippen LogP contribution in [0.2, 0.25) is 0 Å². The van der Waals surface area contributed by atoms with Crippen molar-refractivity contribution in [2.24, 2.45) is 5.92 Å². The minimum atomic E-state index is 0.143. The molecular weight excluding hydrogens is 256 g/mol. The Bertz CT molecular complexity index is 429. The number of hydrogen-bond donors (Lipinski definition) is 1. The van der Waals surface area contributed by atoms with Crippen molar-refractivity contribution in [3.8, 4) is 0 Å². The average Bonchev–Trinajstić information content (AvgIpc) is 2.83. The van der Waals surface area contributed by atoms with Crippen LogP contribution in [0.1, 0.15) is 110 Å². The zero-order valence-electron chi connectivity index (χ0n) is 15.5. The summed E-state index contributed by atoms with van der Waals surface area (Å²) >= 11 is 0. The number of aromatic nitrogens is 2.